The molecule has 0 spiro atoms. The fourth-order valence-electron chi connectivity index (χ4n) is 3.37. The Bertz CT molecular complexity index is 852. The number of fused-ring (bicyclic) bond motifs is 1. The summed E-state index contributed by atoms with van der Waals surface area (Å²) >= 11 is 0. The second kappa shape index (κ2) is 6.78. The predicted octanol–water partition coefficient (Wildman–Crippen LogP) is 6.57. The van der Waals surface area contributed by atoms with Crippen LogP contribution in [0.5, 0.6) is 0 Å². The summed E-state index contributed by atoms with van der Waals surface area (Å²) in [5, 5.41) is 0. The van der Waals surface area contributed by atoms with E-state index in [2.05, 4.69) is 6.08 Å². The van der Waals surface area contributed by atoms with Gasteiger partial charge in [-0.3, -0.25) is 0 Å². The highest BCUT2D eigenvalue weighted by atomic mass is 19.4. The van der Waals surface area contributed by atoms with Crippen molar-refractivity contribution in [2.45, 2.75) is 45.8 Å². The van der Waals surface area contributed by atoms with Crippen LogP contribution in [0.15, 0.2) is 48.2 Å². The Kier molecular flexibility index (Phi) is 4.82. The highest BCUT2D eigenvalue weighted by Crippen LogP contribution is 2.41. The van der Waals surface area contributed by atoms with Crippen LogP contribution in [-0.2, 0) is 12.7 Å². The minimum Gasteiger partial charge on any atom is -0.341 e. The third kappa shape index (κ3) is 3.48. The van der Waals surface area contributed by atoms with Gasteiger partial charge in [0.2, 0.25) is 0 Å². The zero-order chi connectivity index (χ0) is 19.1. The van der Waals surface area contributed by atoms with Crippen LogP contribution in [-0.4, -0.2) is 0 Å². The van der Waals surface area contributed by atoms with Crippen molar-refractivity contribution < 1.29 is 17.6 Å². The van der Waals surface area contributed by atoms with Gasteiger partial charge in [-0.15, -0.1) is 0 Å². The maximum absolute atomic E-state index is 13.9. The van der Waals surface area contributed by atoms with Crippen LogP contribution in [0.25, 0.3) is 0 Å². The number of alkyl halides is 3. The number of aryl methyl sites for hydroxylation is 1. The molecule has 0 radical (unpaired) electrons. The van der Waals surface area contributed by atoms with Gasteiger partial charge in [-0.25, -0.2) is 4.39 Å². The quantitative estimate of drug-likeness (QED) is 0.558. The Morgan fingerprint density at radius 1 is 1.08 bits per heavy atom. The summed E-state index contributed by atoms with van der Waals surface area (Å²) in [6.45, 7) is 5.96. The molecule has 0 aromatic heterocycles. The second-order valence-electron chi connectivity index (χ2n) is 6.74. The average Bonchev–Trinajstić information content (AvgIpc) is 2.59. The van der Waals surface area contributed by atoms with Gasteiger partial charge >= 0.3 is 6.18 Å². The minimum absolute atomic E-state index is 0.0354. The van der Waals surface area contributed by atoms with E-state index >= 15 is 0 Å². The molecule has 0 bridgehead atoms. The van der Waals surface area contributed by atoms with E-state index in [1.54, 1.807) is 19.1 Å². The number of hydrogen-bond donors (Lipinski definition) is 0. The van der Waals surface area contributed by atoms with E-state index in [1.165, 1.54) is 12.1 Å². The Hall–Kier alpha value is -2.30. The lowest BCUT2D eigenvalue weighted by Crippen LogP contribution is -2.27. The van der Waals surface area contributed by atoms with E-state index in [0.717, 1.165) is 22.9 Å². The summed E-state index contributed by atoms with van der Waals surface area (Å²) in [4.78, 5) is 1.87. The number of rotatable bonds is 3. The SMILES string of the molecule is CCC1=CC(C)c2ccc(C(F)(F)F)cc2N1Cc1ccc(C)c(F)c1. The van der Waals surface area contributed by atoms with Gasteiger partial charge in [0, 0.05) is 23.8 Å². The topological polar surface area (TPSA) is 3.24 Å². The van der Waals surface area contributed by atoms with Gasteiger partial charge in [0.25, 0.3) is 0 Å². The van der Waals surface area contributed by atoms with E-state index in [4.69, 9.17) is 0 Å². The molecule has 0 N–H and O–H groups in total. The number of benzene rings is 2. The Balaban J connectivity index is 2.07. The van der Waals surface area contributed by atoms with Crippen molar-refractivity contribution in [1.29, 1.82) is 0 Å². The lowest BCUT2D eigenvalue weighted by Gasteiger charge is -2.35. The Morgan fingerprint density at radius 3 is 2.42 bits per heavy atom. The standard InChI is InChI=1S/C21H21F4N/c1-4-17-9-14(3)18-8-7-16(21(23,24)25)11-20(18)26(17)12-15-6-5-13(2)19(22)10-15/h5-11,14H,4,12H2,1-3H3. The number of halogens is 4. The van der Waals surface area contributed by atoms with Crippen LogP contribution in [0.2, 0.25) is 0 Å². The third-order valence-corrected chi connectivity index (χ3v) is 4.87. The first-order valence-electron chi connectivity index (χ1n) is 8.65. The van der Waals surface area contributed by atoms with Gasteiger partial charge in [0.05, 0.1) is 5.56 Å². The maximum atomic E-state index is 13.9. The van der Waals surface area contributed by atoms with Gasteiger partial charge in [0.15, 0.2) is 0 Å². The summed E-state index contributed by atoms with van der Waals surface area (Å²) in [7, 11) is 0. The molecule has 0 fully saturated rings. The van der Waals surface area contributed by atoms with Crippen LogP contribution in [0.1, 0.15) is 48.4 Å². The first-order chi connectivity index (χ1) is 12.2. The highest BCUT2D eigenvalue weighted by molar-refractivity contribution is 5.65. The molecule has 0 amide bonds. The molecule has 1 nitrogen and oxygen atoms in total. The summed E-state index contributed by atoms with van der Waals surface area (Å²) in [5.74, 6) is -0.271. The molecule has 5 heteroatoms. The Labute approximate surface area is 150 Å². The molecule has 0 aliphatic carbocycles. The fourth-order valence-corrected chi connectivity index (χ4v) is 3.37. The zero-order valence-electron chi connectivity index (χ0n) is 15.0. The van der Waals surface area contributed by atoms with Crippen molar-refractivity contribution >= 4 is 5.69 Å². The van der Waals surface area contributed by atoms with E-state index in [0.29, 0.717) is 24.2 Å². The van der Waals surface area contributed by atoms with Crippen LogP contribution in [0.4, 0.5) is 23.2 Å². The molecule has 2 aromatic carbocycles. The summed E-state index contributed by atoms with van der Waals surface area (Å²) in [6.07, 6.45) is -1.64. The minimum atomic E-state index is -4.40. The first-order valence-corrected chi connectivity index (χ1v) is 8.65. The van der Waals surface area contributed by atoms with Crippen LogP contribution >= 0.6 is 0 Å². The molecular formula is C21H21F4N. The molecule has 1 aliphatic heterocycles. The van der Waals surface area contributed by atoms with E-state index in [1.807, 2.05) is 24.8 Å². The van der Waals surface area contributed by atoms with Gasteiger partial charge in [-0.1, -0.05) is 38.1 Å². The lowest BCUT2D eigenvalue weighted by atomic mass is 9.91. The highest BCUT2D eigenvalue weighted by Gasteiger charge is 2.33. The lowest BCUT2D eigenvalue weighted by molar-refractivity contribution is -0.137. The van der Waals surface area contributed by atoms with E-state index in [-0.39, 0.29) is 11.7 Å². The molecule has 1 aliphatic rings. The van der Waals surface area contributed by atoms with Crippen molar-refractivity contribution in [3.05, 3.63) is 76.2 Å². The van der Waals surface area contributed by atoms with Crippen LogP contribution < -0.4 is 4.90 Å². The van der Waals surface area contributed by atoms with Crippen molar-refractivity contribution in [1.82, 2.24) is 0 Å². The smallest absolute Gasteiger partial charge is 0.341 e. The monoisotopic (exact) mass is 363 g/mol. The van der Waals surface area contributed by atoms with Crippen molar-refractivity contribution in [2.75, 3.05) is 4.90 Å². The van der Waals surface area contributed by atoms with Gasteiger partial charge in [0.1, 0.15) is 5.82 Å². The molecule has 1 atom stereocenters. The van der Waals surface area contributed by atoms with Gasteiger partial charge < -0.3 is 4.90 Å². The third-order valence-electron chi connectivity index (χ3n) is 4.87. The van der Waals surface area contributed by atoms with Crippen LogP contribution in [0, 0.1) is 12.7 Å². The van der Waals surface area contributed by atoms with E-state index in [9.17, 15) is 17.6 Å². The summed E-state index contributed by atoms with van der Waals surface area (Å²) in [6, 6.07) is 8.85. The molecular weight excluding hydrogens is 342 g/mol. The van der Waals surface area contributed by atoms with Gasteiger partial charge in [-0.05, 0) is 48.2 Å². The predicted molar refractivity (Wildman–Crippen MR) is 95.6 cm³/mol. The largest absolute Gasteiger partial charge is 0.416 e. The maximum Gasteiger partial charge on any atom is 0.416 e. The molecule has 3 rings (SSSR count). The Morgan fingerprint density at radius 2 is 1.81 bits per heavy atom. The fraction of sp³-hybridized carbons (Fsp3) is 0.333. The molecule has 0 saturated heterocycles. The zero-order valence-corrected chi connectivity index (χ0v) is 15.0. The number of hydrogen-bond acceptors (Lipinski definition) is 1. The number of anilines is 1. The van der Waals surface area contributed by atoms with Crippen LogP contribution in [0.3, 0.4) is 0 Å². The van der Waals surface area contributed by atoms with E-state index < -0.39 is 11.7 Å². The first kappa shape index (κ1) is 18.5. The van der Waals surface area contributed by atoms with Crippen molar-refractivity contribution in [3.63, 3.8) is 0 Å². The number of allylic oxidation sites excluding steroid dienone is 2. The van der Waals surface area contributed by atoms with Crippen molar-refractivity contribution in [3.8, 4) is 0 Å². The normalized spacial score (nSPS) is 17.1. The van der Waals surface area contributed by atoms with Crippen molar-refractivity contribution in [2.24, 2.45) is 0 Å². The molecule has 1 heterocycles. The molecule has 1 unspecified atom stereocenters. The number of nitrogens with zero attached hydrogens (tertiary/aromatic N) is 1. The average molecular weight is 363 g/mol. The summed E-state index contributed by atoms with van der Waals surface area (Å²) in [5.41, 5.74) is 2.96. The van der Waals surface area contributed by atoms with Gasteiger partial charge in [-0.2, -0.15) is 13.2 Å². The molecule has 26 heavy (non-hydrogen) atoms. The molecule has 0 saturated carbocycles. The second-order valence-corrected chi connectivity index (χ2v) is 6.74. The molecule has 2 aromatic rings. The summed E-state index contributed by atoms with van der Waals surface area (Å²) < 4.78 is 53.5. The molecule has 138 valence electrons.